The van der Waals surface area contributed by atoms with Crippen LogP contribution in [0.5, 0.6) is 11.5 Å². The summed E-state index contributed by atoms with van der Waals surface area (Å²) in [5.41, 5.74) is 6.19. The second kappa shape index (κ2) is 7.46. The molecule has 0 heterocycles. The van der Waals surface area contributed by atoms with Crippen LogP contribution in [0, 0.1) is 11.3 Å². The van der Waals surface area contributed by atoms with Gasteiger partial charge in [0.15, 0.2) is 11.5 Å². The van der Waals surface area contributed by atoms with Crippen LogP contribution in [0.25, 0.3) is 0 Å². The Morgan fingerprint density at radius 2 is 2.16 bits per heavy atom. The lowest BCUT2D eigenvalue weighted by atomic mass is 9.97. The molecule has 1 rings (SSSR count). The normalized spacial score (nSPS) is 10.8. The highest BCUT2D eigenvalue weighted by Gasteiger charge is 2.21. The van der Waals surface area contributed by atoms with E-state index in [0.29, 0.717) is 0 Å². The van der Waals surface area contributed by atoms with Gasteiger partial charge in [-0.1, -0.05) is 0 Å². The van der Waals surface area contributed by atoms with Gasteiger partial charge < -0.3 is 20.3 Å². The van der Waals surface area contributed by atoms with E-state index >= 15 is 0 Å². The fraction of sp³-hybridized carbons (Fsp3) is 0.333. The van der Waals surface area contributed by atoms with E-state index < -0.39 is 12.0 Å². The van der Waals surface area contributed by atoms with Crippen LogP contribution in [-0.4, -0.2) is 25.3 Å². The van der Waals surface area contributed by atoms with Gasteiger partial charge in [-0.05, 0) is 12.1 Å². The molecule has 0 aliphatic carbocycles. The van der Waals surface area contributed by atoms with Crippen molar-refractivity contribution in [2.75, 3.05) is 14.2 Å². The summed E-state index contributed by atoms with van der Waals surface area (Å²) >= 11 is 0. The molecule has 0 aliphatic rings. The summed E-state index contributed by atoms with van der Waals surface area (Å²) in [6.45, 7) is 0. The maximum atomic E-state index is 11.2. The zero-order chi connectivity index (χ0) is 13.7. The molecule has 0 unspecified atom stereocenters. The quantitative estimate of drug-likeness (QED) is 0.807. The van der Waals surface area contributed by atoms with Gasteiger partial charge in [0.25, 0.3) is 0 Å². The van der Waals surface area contributed by atoms with E-state index in [1.807, 2.05) is 6.07 Å². The Balaban J connectivity index is 0.00000324. The summed E-state index contributed by atoms with van der Waals surface area (Å²) in [6, 6.07) is 4.02. The Morgan fingerprint density at radius 1 is 1.53 bits per heavy atom. The minimum Gasteiger partial charge on any atom is -0.504 e. The number of halogens is 1. The number of nitriles is 1. The SMILES string of the molecule is COC(=O)C[C@@H](N)c1c(C#N)ccc(OC)c1O.Cl. The molecule has 19 heavy (non-hydrogen) atoms. The number of carbonyl (C=O) groups is 1. The van der Waals surface area contributed by atoms with Crippen molar-refractivity contribution >= 4 is 18.4 Å². The number of rotatable bonds is 4. The number of nitrogens with zero attached hydrogens (tertiary/aromatic N) is 1. The van der Waals surface area contributed by atoms with Gasteiger partial charge in [-0.25, -0.2) is 0 Å². The van der Waals surface area contributed by atoms with Crippen LogP contribution in [0.2, 0.25) is 0 Å². The maximum Gasteiger partial charge on any atom is 0.307 e. The molecule has 0 bridgehead atoms. The summed E-state index contributed by atoms with van der Waals surface area (Å²) in [4.78, 5) is 11.2. The molecule has 1 aromatic rings. The van der Waals surface area contributed by atoms with E-state index in [2.05, 4.69) is 4.74 Å². The Bertz CT molecular complexity index is 499. The molecule has 1 atom stereocenters. The zero-order valence-corrected chi connectivity index (χ0v) is 11.4. The van der Waals surface area contributed by atoms with E-state index in [4.69, 9.17) is 15.7 Å². The second-order valence-corrected chi connectivity index (χ2v) is 3.58. The Labute approximate surface area is 117 Å². The largest absolute Gasteiger partial charge is 0.504 e. The summed E-state index contributed by atoms with van der Waals surface area (Å²) in [5.74, 6) is -0.550. The van der Waals surface area contributed by atoms with Gasteiger partial charge in [0.1, 0.15) is 0 Å². The molecule has 6 nitrogen and oxygen atoms in total. The van der Waals surface area contributed by atoms with Crippen molar-refractivity contribution in [2.24, 2.45) is 5.73 Å². The van der Waals surface area contributed by atoms with Gasteiger partial charge in [0, 0.05) is 11.6 Å². The monoisotopic (exact) mass is 286 g/mol. The third-order valence-electron chi connectivity index (χ3n) is 2.51. The molecule has 0 aliphatic heterocycles. The smallest absolute Gasteiger partial charge is 0.307 e. The lowest BCUT2D eigenvalue weighted by Gasteiger charge is -2.16. The van der Waals surface area contributed by atoms with Crippen molar-refractivity contribution in [2.45, 2.75) is 12.5 Å². The first kappa shape index (κ1) is 17.0. The minimum absolute atomic E-state index is 0. The van der Waals surface area contributed by atoms with E-state index in [1.165, 1.54) is 26.4 Å². The lowest BCUT2D eigenvalue weighted by Crippen LogP contribution is -2.17. The summed E-state index contributed by atoms with van der Waals surface area (Å²) in [6.07, 6.45) is -0.133. The number of phenols is 1. The molecule has 0 radical (unpaired) electrons. The van der Waals surface area contributed by atoms with Crippen LogP contribution in [0.3, 0.4) is 0 Å². The molecule has 0 saturated carbocycles. The highest BCUT2D eigenvalue weighted by atomic mass is 35.5. The second-order valence-electron chi connectivity index (χ2n) is 3.58. The van der Waals surface area contributed by atoms with Gasteiger partial charge in [-0.2, -0.15) is 5.26 Å². The fourth-order valence-corrected chi connectivity index (χ4v) is 1.59. The van der Waals surface area contributed by atoms with Gasteiger partial charge >= 0.3 is 5.97 Å². The number of methoxy groups -OCH3 is 2. The third-order valence-corrected chi connectivity index (χ3v) is 2.51. The average molecular weight is 287 g/mol. The number of ether oxygens (including phenoxy) is 2. The van der Waals surface area contributed by atoms with Crippen molar-refractivity contribution in [3.63, 3.8) is 0 Å². The van der Waals surface area contributed by atoms with Crippen molar-refractivity contribution in [3.8, 4) is 17.6 Å². The van der Waals surface area contributed by atoms with Crippen LogP contribution >= 0.6 is 12.4 Å². The Hall–Kier alpha value is -1.97. The predicted molar refractivity (Wildman–Crippen MR) is 70.2 cm³/mol. The number of phenolic OH excluding ortho intramolecular Hbond substituents is 1. The standard InChI is InChI=1S/C12H14N2O4.ClH/c1-17-9-4-3-7(6-13)11(12(9)16)8(14)5-10(15)18-2;/h3-4,8,16H,5,14H2,1-2H3;1H/t8-;/m1./s1. The lowest BCUT2D eigenvalue weighted by molar-refractivity contribution is -0.141. The third kappa shape index (κ3) is 3.74. The van der Waals surface area contributed by atoms with Gasteiger partial charge in [0.05, 0.1) is 32.3 Å². The summed E-state index contributed by atoms with van der Waals surface area (Å²) in [5, 5.41) is 18.9. The van der Waals surface area contributed by atoms with E-state index in [-0.39, 0.29) is 41.5 Å². The summed E-state index contributed by atoms with van der Waals surface area (Å²) < 4.78 is 9.43. The molecule has 0 aromatic heterocycles. The molecular formula is C12H15ClN2O4. The molecule has 0 saturated heterocycles. The molecular weight excluding hydrogens is 272 g/mol. The number of hydrogen-bond acceptors (Lipinski definition) is 6. The van der Waals surface area contributed by atoms with E-state index in [0.717, 1.165) is 0 Å². The molecule has 104 valence electrons. The van der Waals surface area contributed by atoms with Crippen LogP contribution in [0.15, 0.2) is 12.1 Å². The summed E-state index contributed by atoms with van der Waals surface area (Å²) in [7, 11) is 2.63. The first-order valence-electron chi connectivity index (χ1n) is 5.17. The van der Waals surface area contributed by atoms with Gasteiger partial charge in [-0.15, -0.1) is 12.4 Å². The number of hydrogen-bond donors (Lipinski definition) is 2. The highest BCUT2D eigenvalue weighted by molar-refractivity contribution is 5.85. The minimum atomic E-state index is -0.831. The molecule has 0 spiro atoms. The highest BCUT2D eigenvalue weighted by Crippen LogP contribution is 2.36. The molecule has 3 N–H and O–H groups in total. The molecule has 1 aromatic carbocycles. The van der Waals surface area contributed by atoms with Crippen LogP contribution in [0.4, 0.5) is 0 Å². The van der Waals surface area contributed by atoms with E-state index in [1.54, 1.807) is 0 Å². The first-order chi connectivity index (χ1) is 8.54. The Morgan fingerprint density at radius 3 is 2.63 bits per heavy atom. The van der Waals surface area contributed by atoms with Crippen molar-refractivity contribution in [1.82, 2.24) is 0 Å². The Kier molecular flexibility index (Phi) is 6.69. The number of nitrogens with two attached hydrogens (primary N) is 1. The topological polar surface area (TPSA) is 106 Å². The van der Waals surface area contributed by atoms with Crippen LogP contribution in [-0.2, 0) is 9.53 Å². The maximum absolute atomic E-state index is 11.2. The van der Waals surface area contributed by atoms with Gasteiger partial charge in [0.2, 0.25) is 0 Å². The zero-order valence-electron chi connectivity index (χ0n) is 10.5. The fourth-order valence-electron chi connectivity index (χ4n) is 1.59. The number of aromatic hydroxyl groups is 1. The van der Waals surface area contributed by atoms with Crippen molar-refractivity contribution in [1.29, 1.82) is 5.26 Å². The predicted octanol–water partition coefficient (Wildman–Crippen LogP) is 1.26. The first-order valence-corrected chi connectivity index (χ1v) is 5.17. The van der Waals surface area contributed by atoms with Crippen LogP contribution < -0.4 is 10.5 Å². The molecule has 0 amide bonds. The number of benzene rings is 1. The number of carbonyl (C=O) groups excluding carboxylic acids is 1. The molecule has 0 fully saturated rings. The molecule has 7 heteroatoms. The average Bonchev–Trinajstić information content (AvgIpc) is 2.37. The van der Waals surface area contributed by atoms with Crippen LogP contribution in [0.1, 0.15) is 23.6 Å². The van der Waals surface area contributed by atoms with Gasteiger partial charge in [-0.3, -0.25) is 4.79 Å². The van der Waals surface area contributed by atoms with Crippen molar-refractivity contribution in [3.05, 3.63) is 23.3 Å². The van der Waals surface area contributed by atoms with Crippen molar-refractivity contribution < 1.29 is 19.4 Å². The number of esters is 1. The van der Waals surface area contributed by atoms with E-state index in [9.17, 15) is 9.90 Å².